The van der Waals surface area contributed by atoms with E-state index in [1.54, 1.807) is 4.90 Å². The molecule has 1 saturated heterocycles. The minimum absolute atomic E-state index is 0.0681. The Morgan fingerprint density at radius 3 is 1.96 bits per heavy atom. The average Bonchev–Trinajstić information content (AvgIpc) is 2.54. The van der Waals surface area contributed by atoms with E-state index in [1.165, 1.54) is 36.1 Å². The highest BCUT2D eigenvalue weighted by atomic mass is 32.2. The molecule has 24 heavy (non-hydrogen) atoms. The standard InChI is InChI=1S/C14H18N4O5S/c1-10(19)17-6-8-18(9-7-17)14(21)13(20)16-11-2-4-12(5-3-11)24(15,22)23/h2-5H,6-9H2,1H3,(H,16,20)(H2,15,22,23). The lowest BCUT2D eigenvalue weighted by Gasteiger charge is -2.33. The van der Waals surface area contributed by atoms with E-state index in [1.807, 2.05) is 0 Å². The number of carbonyl (C=O) groups is 3. The van der Waals surface area contributed by atoms with E-state index in [4.69, 9.17) is 5.14 Å². The molecule has 2 rings (SSSR count). The lowest BCUT2D eigenvalue weighted by atomic mass is 10.3. The second-order valence-corrected chi connectivity index (χ2v) is 6.88. The van der Waals surface area contributed by atoms with Crippen LogP contribution in [0.25, 0.3) is 0 Å². The number of primary sulfonamides is 1. The molecule has 1 aliphatic heterocycles. The number of rotatable bonds is 2. The summed E-state index contributed by atoms with van der Waals surface area (Å²) in [5.41, 5.74) is 0.281. The molecule has 1 fully saturated rings. The number of piperazine rings is 1. The molecule has 0 radical (unpaired) electrons. The number of sulfonamides is 1. The normalized spacial score (nSPS) is 15.1. The monoisotopic (exact) mass is 354 g/mol. The Bertz CT molecular complexity index is 752. The van der Waals surface area contributed by atoms with E-state index < -0.39 is 21.8 Å². The first-order chi connectivity index (χ1) is 11.2. The van der Waals surface area contributed by atoms with E-state index in [9.17, 15) is 22.8 Å². The largest absolute Gasteiger partial charge is 0.339 e. The van der Waals surface area contributed by atoms with Gasteiger partial charge in [-0.2, -0.15) is 0 Å². The van der Waals surface area contributed by atoms with Crippen LogP contribution in [0.3, 0.4) is 0 Å². The highest BCUT2D eigenvalue weighted by Crippen LogP contribution is 2.13. The number of hydrogen-bond donors (Lipinski definition) is 2. The van der Waals surface area contributed by atoms with E-state index in [-0.39, 0.29) is 29.6 Å². The number of hydrogen-bond acceptors (Lipinski definition) is 5. The number of carbonyl (C=O) groups excluding carboxylic acids is 3. The predicted molar refractivity (Wildman–Crippen MR) is 85.3 cm³/mol. The molecule has 1 aromatic carbocycles. The van der Waals surface area contributed by atoms with Gasteiger partial charge in [0.1, 0.15) is 0 Å². The van der Waals surface area contributed by atoms with Gasteiger partial charge in [-0.05, 0) is 24.3 Å². The summed E-state index contributed by atoms with van der Waals surface area (Å²) in [5.74, 6) is -1.59. The highest BCUT2D eigenvalue weighted by molar-refractivity contribution is 7.89. The van der Waals surface area contributed by atoms with Crippen LogP contribution in [-0.2, 0) is 24.4 Å². The van der Waals surface area contributed by atoms with Crippen molar-refractivity contribution in [3.8, 4) is 0 Å². The Labute approximate surface area is 139 Å². The van der Waals surface area contributed by atoms with Crippen LogP contribution in [0.2, 0.25) is 0 Å². The van der Waals surface area contributed by atoms with Gasteiger partial charge in [-0.25, -0.2) is 13.6 Å². The molecule has 0 saturated carbocycles. The molecular weight excluding hydrogens is 336 g/mol. The molecule has 0 bridgehead atoms. The van der Waals surface area contributed by atoms with Crippen molar-refractivity contribution in [1.82, 2.24) is 9.80 Å². The van der Waals surface area contributed by atoms with Crippen LogP contribution < -0.4 is 10.5 Å². The van der Waals surface area contributed by atoms with Crippen molar-refractivity contribution in [2.24, 2.45) is 5.14 Å². The van der Waals surface area contributed by atoms with Crippen molar-refractivity contribution in [3.63, 3.8) is 0 Å². The fourth-order valence-electron chi connectivity index (χ4n) is 2.28. The smallest absolute Gasteiger partial charge is 0.313 e. The molecule has 1 heterocycles. The van der Waals surface area contributed by atoms with Crippen molar-refractivity contribution in [1.29, 1.82) is 0 Å². The maximum atomic E-state index is 12.1. The minimum Gasteiger partial charge on any atom is -0.339 e. The van der Waals surface area contributed by atoms with E-state index >= 15 is 0 Å². The number of amides is 3. The van der Waals surface area contributed by atoms with E-state index in [0.29, 0.717) is 13.1 Å². The summed E-state index contributed by atoms with van der Waals surface area (Å²) < 4.78 is 22.3. The van der Waals surface area contributed by atoms with Gasteiger partial charge in [0, 0.05) is 38.8 Å². The maximum absolute atomic E-state index is 12.1. The Hall–Kier alpha value is -2.46. The molecule has 0 atom stereocenters. The van der Waals surface area contributed by atoms with Crippen LogP contribution >= 0.6 is 0 Å². The van der Waals surface area contributed by atoms with Crippen molar-refractivity contribution >= 4 is 33.4 Å². The summed E-state index contributed by atoms with van der Waals surface area (Å²) in [4.78, 5) is 38.2. The molecule has 3 amide bonds. The number of nitrogens with one attached hydrogen (secondary N) is 1. The second-order valence-electron chi connectivity index (χ2n) is 5.32. The molecule has 3 N–H and O–H groups in total. The van der Waals surface area contributed by atoms with E-state index in [0.717, 1.165) is 0 Å². The van der Waals surface area contributed by atoms with Gasteiger partial charge in [0.05, 0.1) is 4.90 Å². The molecule has 130 valence electrons. The van der Waals surface area contributed by atoms with Gasteiger partial charge < -0.3 is 15.1 Å². The van der Waals surface area contributed by atoms with Crippen molar-refractivity contribution in [3.05, 3.63) is 24.3 Å². The highest BCUT2D eigenvalue weighted by Gasteiger charge is 2.26. The third-order valence-electron chi connectivity index (χ3n) is 3.65. The zero-order valence-corrected chi connectivity index (χ0v) is 13.9. The molecular formula is C14H18N4O5S. The van der Waals surface area contributed by atoms with Gasteiger partial charge >= 0.3 is 11.8 Å². The molecule has 0 aliphatic carbocycles. The van der Waals surface area contributed by atoms with E-state index in [2.05, 4.69) is 5.32 Å². The van der Waals surface area contributed by atoms with Crippen LogP contribution in [0.1, 0.15) is 6.92 Å². The third-order valence-corrected chi connectivity index (χ3v) is 4.58. The third kappa shape index (κ3) is 4.30. The summed E-state index contributed by atoms with van der Waals surface area (Å²) >= 11 is 0. The average molecular weight is 354 g/mol. The van der Waals surface area contributed by atoms with Crippen molar-refractivity contribution in [2.45, 2.75) is 11.8 Å². The van der Waals surface area contributed by atoms with Gasteiger partial charge in [-0.15, -0.1) is 0 Å². The Morgan fingerprint density at radius 2 is 1.50 bits per heavy atom. The van der Waals surface area contributed by atoms with Crippen LogP contribution in [0.4, 0.5) is 5.69 Å². The summed E-state index contributed by atoms with van der Waals surface area (Å²) in [5, 5.41) is 7.39. The summed E-state index contributed by atoms with van der Waals surface area (Å²) in [6.45, 7) is 2.80. The van der Waals surface area contributed by atoms with Crippen molar-refractivity contribution in [2.75, 3.05) is 31.5 Å². The summed E-state index contributed by atoms with van der Waals surface area (Å²) in [6.07, 6.45) is 0. The first-order valence-electron chi connectivity index (χ1n) is 7.17. The fourth-order valence-corrected chi connectivity index (χ4v) is 2.80. The number of nitrogens with zero attached hydrogens (tertiary/aromatic N) is 2. The van der Waals surface area contributed by atoms with Gasteiger partial charge in [0.15, 0.2) is 0 Å². The Balaban J connectivity index is 1.95. The SMILES string of the molecule is CC(=O)N1CCN(C(=O)C(=O)Nc2ccc(S(N)(=O)=O)cc2)CC1. The van der Waals surface area contributed by atoms with Crippen molar-refractivity contribution < 1.29 is 22.8 Å². The number of benzene rings is 1. The zero-order valence-electron chi connectivity index (χ0n) is 13.1. The number of nitrogens with two attached hydrogens (primary N) is 1. The Kier molecular flexibility index (Phi) is 5.20. The molecule has 0 aromatic heterocycles. The maximum Gasteiger partial charge on any atom is 0.313 e. The summed E-state index contributed by atoms with van der Waals surface area (Å²) in [7, 11) is -3.81. The number of anilines is 1. The van der Waals surface area contributed by atoms with Gasteiger partial charge in [0.25, 0.3) is 0 Å². The minimum atomic E-state index is -3.81. The lowest BCUT2D eigenvalue weighted by Crippen LogP contribution is -2.52. The van der Waals surface area contributed by atoms with Gasteiger partial charge in [-0.3, -0.25) is 14.4 Å². The quantitative estimate of drug-likeness (QED) is 0.656. The molecule has 10 heteroatoms. The molecule has 0 spiro atoms. The van der Waals surface area contributed by atoms with Crippen LogP contribution in [0.5, 0.6) is 0 Å². The van der Waals surface area contributed by atoms with Crippen LogP contribution in [-0.4, -0.2) is 62.1 Å². The lowest BCUT2D eigenvalue weighted by molar-refractivity contribution is -0.145. The fraction of sp³-hybridized carbons (Fsp3) is 0.357. The van der Waals surface area contributed by atoms with Gasteiger partial charge in [-0.1, -0.05) is 0 Å². The Morgan fingerprint density at radius 1 is 1.00 bits per heavy atom. The topological polar surface area (TPSA) is 130 Å². The first kappa shape index (κ1) is 17.9. The van der Waals surface area contributed by atoms with Crippen LogP contribution in [0, 0.1) is 0 Å². The first-order valence-corrected chi connectivity index (χ1v) is 8.72. The predicted octanol–water partition coefficient (Wildman–Crippen LogP) is -1.04. The second kappa shape index (κ2) is 6.97. The summed E-state index contributed by atoms with van der Waals surface area (Å²) in [6, 6.07) is 5.17. The van der Waals surface area contributed by atoms with Gasteiger partial charge in [0.2, 0.25) is 15.9 Å². The molecule has 1 aromatic rings. The van der Waals surface area contributed by atoms with Crippen LogP contribution in [0.15, 0.2) is 29.2 Å². The molecule has 9 nitrogen and oxygen atoms in total. The zero-order chi connectivity index (χ0) is 17.9. The molecule has 1 aliphatic rings. The molecule has 0 unspecified atom stereocenters.